The Balaban J connectivity index is 1.97. The summed E-state index contributed by atoms with van der Waals surface area (Å²) >= 11 is 0. The summed E-state index contributed by atoms with van der Waals surface area (Å²) in [5.74, 6) is -0.489. The zero-order valence-corrected chi connectivity index (χ0v) is 8.19. The molecule has 1 amide bonds. The molecule has 0 bridgehead atoms. The quantitative estimate of drug-likeness (QED) is 0.773. The molecule has 1 aromatic rings. The standard InChI is InChI=1S/C11H12FNO2/c12-10-4-2-1-3-8(10)5-11(15)13-6-9(14)7-13/h1-4,9,14H,5-7H2. The predicted octanol–water partition coefficient (Wildman–Crippen LogP) is 0.571. The molecular formula is C11H12FNO2. The first-order valence-electron chi connectivity index (χ1n) is 4.86. The van der Waals surface area contributed by atoms with Crippen LogP contribution in [0.4, 0.5) is 4.39 Å². The van der Waals surface area contributed by atoms with Gasteiger partial charge in [-0.25, -0.2) is 4.39 Å². The second-order valence-corrected chi connectivity index (χ2v) is 3.72. The Labute approximate surface area is 87.1 Å². The van der Waals surface area contributed by atoms with Gasteiger partial charge >= 0.3 is 0 Å². The fourth-order valence-corrected chi connectivity index (χ4v) is 1.58. The van der Waals surface area contributed by atoms with Crippen molar-refractivity contribution < 1.29 is 14.3 Å². The Morgan fingerprint density at radius 2 is 2.13 bits per heavy atom. The number of halogens is 1. The summed E-state index contributed by atoms with van der Waals surface area (Å²) in [6, 6.07) is 6.24. The van der Waals surface area contributed by atoms with Crippen molar-refractivity contribution in [2.45, 2.75) is 12.5 Å². The Bertz CT molecular complexity index is 375. The molecule has 4 heteroatoms. The van der Waals surface area contributed by atoms with Crippen LogP contribution in [0.2, 0.25) is 0 Å². The highest BCUT2D eigenvalue weighted by atomic mass is 19.1. The van der Waals surface area contributed by atoms with Crippen molar-refractivity contribution in [3.8, 4) is 0 Å². The number of rotatable bonds is 2. The Kier molecular flexibility index (Phi) is 2.68. The van der Waals surface area contributed by atoms with E-state index in [-0.39, 0.29) is 18.1 Å². The number of carbonyl (C=O) groups excluding carboxylic acids is 1. The molecule has 3 nitrogen and oxygen atoms in total. The van der Waals surface area contributed by atoms with Crippen LogP contribution in [0.25, 0.3) is 0 Å². The van der Waals surface area contributed by atoms with Gasteiger partial charge in [0.15, 0.2) is 0 Å². The van der Waals surface area contributed by atoms with Gasteiger partial charge in [0.05, 0.1) is 12.5 Å². The van der Waals surface area contributed by atoms with Crippen molar-refractivity contribution >= 4 is 5.91 Å². The maximum Gasteiger partial charge on any atom is 0.227 e. The normalized spacial score (nSPS) is 16.3. The summed E-state index contributed by atoms with van der Waals surface area (Å²) in [6.45, 7) is 0.737. The topological polar surface area (TPSA) is 40.5 Å². The summed E-state index contributed by atoms with van der Waals surface area (Å²) in [4.78, 5) is 13.1. The van der Waals surface area contributed by atoms with E-state index in [1.54, 1.807) is 18.2 Å². The molecule has 0 saturated carbocycles. The van der Waals surface area contributed by atoms with Gasteiger partial charge in [0.1, 0.15) is 5.82 Å². The number of nitrogens with zero attached hydrogens (tertiary/aromatic N) is 1. The smallest absolute Gasteiger partial charge is 0.227 e. The van der Waals surface area contributed by atoms with Gasteiger partial charge in [0.2, 0.25) is 5.91 Å². The van der Waals surface area contributed by atoms with E-state index in [0.29, 0.717) is 18.7 Å². The average molecular weight is 209 g/mol. The minimum atomic E-state index is -0.408. The Hall–Kier alpha value is -1.42. The van der Waals surface area contributed by atoms with E-state index < -0.39 is 6.10 Å². The van der Waals surface area contributed by atoms with Crippen LogP contribution in [0.1, 0.15) is 5.56 Å². The zero-order valence-electron chi connectivity index (χ0n) is 8.19. The fourth-order valence-electron chi connectivity index (χ4n) is 1.58. The minimum Gasteiger partial charge on any atom is -0.389 e. The lowest BCUT2D eigenvalue weighted by Gasteiger charge is -2.35. The number of β-amino-alcohol motifs (C(OH)–C–C–N with tert-alkyl or cyclic N) is 1. The van der Waals surface area contributed by atoms with E-state index in [0.717, 1.165) is 0 Å². The second kappa shape index (κ2) is 3.98. The van der Waals surface area contributed by atoms with Gasteiger partial charge in [-0.15, -0.1) is 0 Å². The molecule has 1 fully saturated rings. The maximum absolute atomic E-state index is 13.2. The van der Waals surface area contributed by atoms with Crippen molar-refractivity contribution in [2.24, 2.45) is 0 Å². The number of amides is 1. The SMILES string of the molecule is O=C(Cc1ccccc1F)N1CC(O)C1. The van der Waals surface area contributed by atoms with E-state index in [1.165, 1.54) is 11.0 Å². The Morgan fingerprint density at radius 1 is 1.47 bits per heavy atom. The van der Waals surface area contributed by atoms with E-state index in [2.05, 4.69) is 0 Å². The number of aliphatic hydroxyl groups is 1. The molecule has 1 saturated heterocycles. The third-order valence-corrected chi connectivity index (χ3v) is 2.51. The lowest BCUT2D eigenvalue weighted by molar-refractivity contribution is -0.140. The van der Waals surface area contributed by atoms with Crippen LogP contribution < -0.4 is 0 Å². The summed E-state index contributed by atoms with van der Waals surface area (Å²) in [5.41, 5.74) is 0.406. The number of likely N-dealkylation sites (tertiary alicyclic amines) is 1. The molecule has 0 aromatic heterocycles. The van der Waals surface area contributed by atoms with E-state index in [9.17, 15) is 9.18 Å². The zero-order chi connectivity index (χ0) is 10.8. The van der Waals surface area contributed by atoms with Crippen LogP contribution in [0.3, 0.4) is 0 Å². The molecular weight excluding hydrogens is 197 g/mol. The Morgan fingerprint density at radius 3 is 2.73 bits per heavy atom. The highest BCUT2D eigenvalue weighted by Crippen LogP contribution is 2.12. The van der Waals surface area contributed by atoms with Crippen molar-refractivity contribution in [1.82, 2.24) is 4.90 Å². The molecule has 1 heterocycles. The first-order chi connectivity index (χ1) is 7.16. The monoisotopic (exact) mass is 209 g/mol. The predicted molar refractivity (Wildman–Crippen MR) is 52.7 cm³/mol. The molecule has 2 rings (SSSR count). The first kappa shape index (κ1) is 10.1. The number of hydrogen-bond donors (Lipinski definition) is 1. The van der Waals surface area contributed by atoms with Crippen LogP contribution in [0, 0.1) is 5.82 Å². The third kappa shape index (κ3) is 2.15. The van der Waals surface area contributed by atoms with Crippen molar-refractivity contribution in [3.05, 3.63) is 35.6 Å². The van der Waals surface area contributed by atoms with Crippen LogP contribution in [-0.2, 0) is 11.2 Å². The van der Waals surface area contributed by atoms with Crippen molar-refractivity contribution in [1.29, 1.82) is 0 Å². The molecule has 15 heavy (non-hydrogen) atoms. The molecule has 0 atom stereocenters. The lowest BCUT2D eigenvalue weighted by Crippen LogP contribution is -2.54. The van der Waals surface area contributed by atoms with Crippen molar-refractivity contribution in [2.75, 3.05) is 13.1 Å². The maximum atomic E-state index is 13.2. The first-order valence-corrected chi connectivity index (χ1v) is 4.86. The molecule has 0 aliphatic carbocycles. The van der Waals surface area contributed by atoms with Gasteiger partial charge in [-0.3, -0.25) is 4.79 Å². The number of aliphatic hydroxyl groups excluding tert-OH is 1. The fraction of sp³-hybridized carbons (Fsp3) is 0.364. The number of hydrogen-bond acceptors (Lipinski definition) is 2. The molecule has 1 aliphatic heterocycles. The van der Waals surface area contributed by atoms with Gasteiger partial charge in [-0.05, 0) is 11.6 Å². The van der Waals surface area contributed by atoms with E-state index in [1.807, 2.05) is 0 Å². The van der Waals surface area contributed by atoms with Crippen LogP contribution in [0.5, 0.6) is 0 Å². The number of benzene rings is 1. The van der Waals surface area contributed by atoms with Crippen LogP contribution in [-0.4, -0.2) is 35.1 Å². The summed E-state index contributed by atoms with van der Waals surface area (Å²) < 4.78 is 13.2. The van der Waals surface area contributed by atoms with Crippen LogP contribution in [0.15, 0.2) is 24.3 Å². The third-order valence-electron chi connectivity index (χ3n) is 2.51. The van der Waals surface area contributed by atoms with E-state index >= 15 is 0 Å². The van der Waals surface area contributed by atoms with Gasteiger partial charge < -0.3 is 10.0 Å². The molecule has 1 N–H and O–H groups in total. The van der Waals surface area contributed by atoms with Crippen LogP contribution >= 0.6 is 0 Å². The van der Waals surface area contributed by atoms with Gasteiger partial charge in [-0.2, -0.15) is 0 Å². The summed E-state index contributed by atoms with van der Waals surface area (Å²) in [5, 5.41) is 9.02. The summed E-state index contributed by atoms with van der Waals surface area (Å²) in [7, 11) is 0. The molecule has 0 radical (unpaired) electrons. The van der Waals surface area contributed by atoms with Gasteiger partial charge in [-0.1, -0.05) is 18.2 Å². The molecule has 1 aliphatic rings. The largest absolute Gasteiger partial charge is 0.389 e. The van der Waals surface area contributed by atoms with Gasteiger partial charge in [0.25, 0.3) is 0 Å². The molecule has 0 spiro atoms. The van der Waals surface area contributed by atoms with Crippen molar-refractivity contribution in [3.63, 3.8) is 0 Å². The number of carbonyl (C=O) groups is 1. The molecule has 80 valence electrons. The van der Waals surface area contributed by atoms with E-state index in [4.69, 9.17) is 5.11 Å². The lowest BCUT2D eigenvalue weighted by atomic mass is 10.1. The summed E-state index contributed by atoms with van der Waals surface area (Å²) in [6.07, 6.45) is -0.339. The van der Waals surface area contributed by atoms with Gasteiger partial charge in [0, 0.05) is 13.1 Å². The molecule has 1 aromatic carbocycles. The molecule has 0 unspecified atom stereocenters. The average Bonchev–Trinajstić information content (AvgIpc) is 2.17. The minimum absolute atomic E-state index is 0.0688. The highest BCUT2D eigenvalue weighted by Gasteiger charge is 2.28. The second-order valence-electron chi connectivity index (χ2n) is 3.72. The highest BCUT2D eigenvalue weighted by molar-refractivity contribution is 5.79.